The van der Waals surface area contributed by atoms with Crippen molar-refractivity contribution >= 4 is 28.0 Å². The normalized spacial score (nSPS) is 15.3. The fourth-order valence-corrected chi connectivity index (χ4v) is 6.05. The predicted octanol–water partition coefficient (Wildman–Crippen LogP) is 3.45. The highest BCUT2D eigenvalue weighted by Crippen LogP contribution is 2.44. The van der Waals surface area contributed by atoms with E-state index in [9.17, 15) is 9.90 Å². The molecule has 12 heteroatoms. The molecule has 1 saturated heterocycles. The van der Waals surface area contributed by atoms with Gasteiger partial charge < -0.3 is 19.1 Å². The van der Waals surface area contributed by atoms with Crippen molar-refractivity contribution in [1.29, 1.82) is 0 Å². The van der Waals surface area contributed by atoms with Crippen LogP contribution in [0.4, 0.5) is 0 Å². The number of fused-ring (bicyclic) bond motifs is 3. The van der Waals surface area contributed by atoms with Gasteiger partial charge in [0.25, 0.3) is 0 Å². The van der Waals surface area contributed by atoms with Crippen LogP contribution in [0.15, 0.2) is 24.5 Å². The van der Waals surface area contributed by atoms with Crippen LogP contribution < -0.4 is 4.74 Å². The van der Waals surface area contributed by atoms with Crippen molar-refractivity contribution < 1.29 is 19.4 Å². The average Bonchev–Trinajstić information content (AvgIpc) is 3.57. The zero-order valence-electron chi connectivity index (χ0n) is 22.5. The fraction of sp³-hybridized carbons (Fsp3) is 0.407. The molecule has 0 radical (unpaired) electrons. The Balaban J connectivity index is 1.78. The van der Waals surface area contributed by atoms with Gasteiger partial charge >= 0.3 is 5.97 Å². The highest BCUT2D eigenvalue weighted by molar-refractivity contribution is 6.12. The van der Waals surface area contributed by atoms with E-state index in [-0.39, 0.29) is 17.7 Å². The van der Waals surface area contributed by atoms with E-state index in [4.69, 9.17) is 19.4 Å². The summed E-state index contributed by atoms with van der Waals surface area (Å²) in [4.78, 5) is 22.3. The Morgan fingerprint density at radius 3 is 2.56 bits per heavy atom. The van der Waals surface area contributed by atoms with Crippen molar-refractivity contribution in [3.05, 3.63) is 47.2 Å². The van der Waals surface area contributed by atoms with Gasteiger partial charge in [0.1, 0.15) is 28.0 Å². The Bertz CT molecular complexity index is 1710. The molecule has 39 heavy (non-hydrogen) atoms. The maximum absolute atomic E-state index is 12.6. The maximum atomic E-state index is 12.6. The molecule has 6 rings (SSSR count). The third-order valence-electron chi connectivity index (χ3n) is 7.78. The van der Waals surface area contributed by atoms with Crippen molar-refractivity contribution in [2.24, 2.45) is 20.0 Å². The standard InChI is InChI=1S/C27H30N8O4/c1-14-17(23-15(2)30-32-34(23)4)13-29-20-22(14)35(26-21(27(36)37)31-33(3)25(20)26)24(16-8-11-39-12-9-16)19-18(38-5)7-6-10-28-19/h6-7,10,13,16,24H,8-9,11-12H2,1-5H3,(H,36,37). The molecular formula is C27H30N8O4. The number of pyridine rings is 2. The van der Waals surface area contributed by atoms with Crippen LogP contribution in [0.3, 0.4) is 0 Å². The molecule has 6 heterocycles. The van der Waals surface area contributed by atoms with Gasteiger partial charge in [-0.15, -0.1) is 5.10 Å². The molecule has 0 bridgehead atoms. The first-order valence-corrected chi connectivity index (χ1v) is 12.9. The molecule has 0 saturated carbocycles. The Labute approximate surface area is 224 Å². The molecular weight excluding hydrogens is 500 g/mol. The Hall–Kier alpha value is -4.32. The molecule has 202 valence electrons. The van der Waals surface area contributed by atoms with E-state index in [1.807, 2.05) is 39.2 Å². The van der Waals surface area contributed by atoms with Crippen LogP contribution in [0.1, 0.15) is 46.3 Å². The molecule has 5 aromatic heterocycles. The summed E-state index contributed by atoms with van der Waals surface area (Å²) in [5.74, 6) is -0.363. The van der Waals surface area contributed by atoms with E-state index in [2.05, 4.69) is 20.0 Å². The number of carboxylic acid groups (broad SMARTS) is 1. The van der Waals surface area contributed by atoms with Crippen LogP contribution in [-0.2, 0) is 18.8 Å². The molecule has 0 spiro atoms. The Morgan fingerprint density at radius 2 is 1.90 bits per heavy atom. The van der Waals surface area contributed by atoms with Crippen LogP contribution in [0, 0.1) is 19.8 Å². The Morgan fingerprint density at radius 1 is 1.13 bits per heavy atom. The van der Waals surface area contributed by atoms with E-state index in [1.165, 1.54) is 0 Å². The highest BCUT2D eigenvalue weighted by atomic mass is 16.5. The minimum atomic E-state index is -1.10. The number of ether oxygens (including phenoxy) is 2. The topological polar surface area (TPSA) is 135 Å². The predicted molar refractivity (Wildman–Crippen MR) is 143 cm³/mol. The van der Waals surface area contributed by atoms with E-state index in [1.54, 1.807) is 29.7 Å². The van der Waals surface area contributed by atoms with E-state index in [0.717, 1.165) is 46.6 Å². The molecule has 1 unspecified atom stereocenters. The van der Waals surface area contributed by atoms with Gasteiger partial charge in [-0.3, -0.25) is 14.6 Å². The van der Waals surface area contributed by atoms with Crippen LogP contribution in [0.5, 0.6) is 5.75 Å². The zero-order chi connectivity index (χ0) is 27.4. The van der Waals surface area contributed by atoms with Gasteiger partial charge in [-0.1, -0.05) is 5.21 Å². The molecule has 1 atom stereocenters. The monoisotopic (exact) mass is 530 g/mol. The zero-order valence-corrected chi connectivity index (χ0v) is 22.5. The van der Waals surface area contributed by atoms with Gasteiger partial charge in [-0.2, -0.15) is 5.10 Å². The summed E-state index contributed by atoms with van der Waals surface area (Å²) in [6.45, 7) is 5.17. The molecule has 0 aromatic carbocycles. The smallest absolute Gasteiger partial charge is 0.358 e. The average molecular weight is 531 g/mol. The summed E-state index contributed by atoms with van der Waals surface area (Å²) in [5.41, 5.74) is 6.81. The van der Waals surface area contributed by atoms with Gasteiger partial charge in [0.05, 0.1) is 30.1 Å². The first-order valence-electron chi connectivity index (χ1n) is 12.9. The second kappa shape index (κ2) is 9.45. The first-order chi connectivity index (χ1) is 18.8. The quantitative estimate of drug-likeness (QED) is 0.350. The minimum absolute atomic E-state index is 0.0308. The van der Waals surface area contributed by atoms with Crippen molar-refractivity contribution in [2.45, 2.75) is 32.7 Å². The van der Waals surface area contributed by atoms with Gasteiger partial charge in [0.2, 0.25) is 0 Å². The number of hydrogen-bond donors (Lipinski definition) is 1. The summed E-state index contributed by atoms with van der Waals surface area (Å²) < 4.78 is 16.9. The summed E-state index contributed by atoms with van der Waals surface area (Å²) in [5, 5.41) is 23.1. The van der Waals surface area contributed by atoms with Crippen molar-refractivity contribution in [3.8, 4) is 17.0 Å². The molecule has 5 aromatic rings. The van der Waals surface area contributed by atoms with Crippen molar-refractivity contribution in [1.82, 2.24) is 39.3 Å². The highest BCUT2D eigenvalue weighted by Gasteiger charge is 2.36. The maximum Gasteiger partial charge on any atom is 0.358 e. The molecule has 1 aliphatic heterocycles. The van der Waals surface area contributed by atoms with Gasteiger partial charge in [0.15, 0.2) is 5.69 Å². The van der Waals surface area contributed by atoms with Gasteiger partial charge in [-0.25, -0.2) is 9.48 Å². The first kappa shape index (κ1) is 25.0. The number of aromatic nitrogens is 8. The second-order valence-corrected chi connectivity index (χ2v) is 9.97. The lowest BCUT2D eigenvalue weighted by Crippen LogP contribution is -2.28. The van der Waals surface area contributed by atoms with E-state index >= 15 is 0 Å². The molecule has 1 aliphatic rings. The lowest BCUT2D eigenvalue weighted by Gasteiger charge is -2.33. The SMILES string of the molecule is COc1cccnc1C(C1CCOCC1)n1c2c(C)c(-c3c(C)nnn3C)cnc2c2c1c(C(=O)O)nn2C. The van der Waals surface area contributed by atoms with Crippen LogP contribution >= 0.6 is 0 Å². The lowest BCUT2D eigenvalue weighted by molar-refractivity contribution is 0.0543. The van der Waals surface area contributed by atoms with Crippen LogP contribution in [0.25, 0.3) is 33.3 Å². The number of methoxy groups -OCH3 is 1. The molecule has 1 fully saturated rings. The molecule has 0 amide bonds. The Kier molecular flexibility index (Phi) is 6.06. The summed E-state index contributed by atoms with van der Waals surface area (Å²) in [7, 11) is 5.23. The molecule has 12 nitrogen and oxygen atoms in total. The second-order valence-electron chi connectivity index (χ2n) is 9.97. The number of nitrogens with zero attached hydrogens (tertiary/aromatic N) is 8. The summed E-state index contributed by atoms with van der Waals surface area (Å²) in [6.07, 6.45) is 5.12. The van der Waals surface area contributed by atoms with Gasteiger partial charge in [0, 0.05) is 45.3 Å². The van der Waals surface area contributed by atoms with Crippen molar-refractivity contribution in [2.75, 3.05) is 20.3 Å². The third-order valence-corrected chi connectivity index (χ3v) is 7.78. The number of rotatable bonds is 6. The number of aromatic carboxylic acids is 1. The number of carboxylic acids is 1. The lowest BCUT2D eigenvalue weighted by atomic mass is 9.88. The molecule has 0 aliphatic carbocycles. The van der Waals surface area contributed by atoms with Crippen LogP contribution in [0.2, 0.25) is 0 Å². The number of hydrogen-bond acceptors (Lipinski definition) is 8. The van der Waals surface area contributed by atoms with Crippen molar-refractivity contribution in [3.63, 3.8) is 0 Å². The minimum Gasteiger partial charge on any atom is -0.495 e. The van der Waals surface area contributed by atoms with E-state index in [0.29, 0.717) is 35.5 Å². The number of aryl methyl sites for hydroxylation is 4. The van der Waals surface area contributed by atoms with Crippen LogP contribution in [-0.4, -0.2) is 70.7 Å². The third kappa shape index (κ3) is 3.77. The number of carbonyl (C=O) groups is 1. The molecule has 1 N–H and O–H groups in total. The summed E-state index contributed by atoms with van der Waals surface area (Å²) in [6, 6.07) is 3.37. The largest absolute Gasteiger partial charge is 0.495 e. The van der Waals surface area contributed by atoms with Gasteiger partial charge in [-0.05, 0) is 50.3 Å². The fourth-order valence-electron chi connectivity index (χ4n) is 6.05. The van der Waals surface area contributed by atoms with E-state index < -0.39 is 5.97 Å². The summed E-state index contributed by atoms with van der Waals surface area (Å²) >= 11 is 0.